The number of halogens is 1. The standard InChI is InChI=1S/C16H20ClN3/c1-11-3-4-13-8-14(16(17)19-15(13)7-11)10-20-6-5-18-9-12(20)2/h3-4,7-8,12,18H,5-6,9-10H2,1-2H3. The van der Waals surface area contributed by atoms with Crippen LogP contribution in [0.15, 0.2) is 24.3 Å². The molecule has 1 atom stereocenters. The summed E-state index contributed by atoms with van der Waals surface area (Å²) in [5.41, 5.74) is 3.31. The van der Waals surface area contributed by atoms with Gasteiger partial charge in [0.05, 0.1) is 5.52 Å². The summed E-state index contributed by atoms with van der Waals surface area (Å²) in [6.07, 6.45) is 0. The maximum absolute atomic E-state index is 6.37. The predicted molar refractivity (Wildman–Crippen MR) is 84.2 cm³/mol. The number of hydrogen-bond donors (Lipinski definition) is 1. The molecule has 106 valence electrons. The molecule has 1 aliphatic rings. The molecule has 0 bridgehead atoms. The van der Waals surface area contributed by atoms with Gasteiger partial charge in [0, 0.05) is 43.2 Å². The Kier molecular flexibility index (Phi) is 3.92. The minimum Gasteiger partial charge on any atom is -0.314 e. The fraction of sp³-hybridized carbons (Fsp3) is 0.438. The molecule has 3 nitrogen and oxygen atoms in total. The van der Waals surface area contributed by atoms with Crippen molar-refractivity contribution in [2.24, 2.45) is 0 Å². The van der Waals surface area contributed by atoms with Gasteiger partial charge in [-0.15, -0.1) is 0 Å². The molecule has 1 saturated heterocycles. The van der Waals surface area contributed by atoms with Gasteiger partial charge in [0.2, 0.25) is 0 Å². The van der Waals surface area contributed by atoms with Crippen LogP contribution in [0.3, 0.4) is 0 Å². The van der Waals surface area contributed by atoms with Gasteiger partial charge in [0.15, 0.2) is 0 Å². The van der Waals surface area contributed by atoms with E-state index < -0.39 is 0 Å². The lowest BCUT2D eigenvalue weighted by molar-refractivity contribution is 0.165. The monoisotopic (exact) mass is 289 g/mol. The lowest BCUT2D eigenvalue weighted by Gasteiger charge is -2.34. The zero-order valence-corrected chi connectivity index (χ0v) is 12.7. The summed E-state index contributed by atoms with van der Waals surface area (Å²) in [5, 5.41) is 5.21. The molecule has 1 N–H and O–H groups in total. The number of nitrogens with zero attached hydrogens (tertiary/aromatic N) is 2. The average Bonchev–Trinajstić information content (AvgIpc) is 2.42. The first-order valence-corrected chi connectivity index (χ1v) is 7.52. The number of piperazine rings is 1. The van der Waals surface area contributed by atoms with E-state index in [2.05, 4.69) is 53.3 Å². The lowest BCUT2D eigenvalue weighted by atomic mass is 10.1. The van der Waals surface area contributed by atoms with Crippen LogP contribution in [0.5, 0.6) is 0 Å². The Balaban J connectivity index is 1.91. The molecule has 0 aliphatic carbocycles. The second-order valence-corrected chi connectivity index (χ2v) is 6.02. The Morgan fingerprint density at radius 2 is 2.25 bits per heavy atom. The number of aryl methyl sites for hydroxylation is 1. The molecule has 2 heterocycles. The van der Waals surface area contributed by atoms with Crippen LogP contribution in [0, 0.1) is 6.92 Å². The first kappa shape index (κ1) is 13.8. The number of hydrogen-bond acceptors (Lipinski definition) is 3. The normalized spacial score (nSPS) is 20.4. The van der Waals surface area contributed by atoms with Crippen LogP contribution in [-0.4, -0.2) is 35.6 Å². The fourth-order valence-electron chi connectivity index (χ4n) is 2.75. The summed E-state index contributed by atoms with van der Waals surface area (Å²) in [4.78, 5) is 7.01. The number of benzene rings is 1. The van der Waals surface area contributed by atoms with Gasteiger partial charge in [0.25, 0.3) is 0 Å². The smallest absolute Gasteiger partial charge is 0.134 e. The zero-order chi connectivity index (χ0) is 14.1. The molecule has 0 spiro atoms. The fourth-order valence-corrected chi connectivity index (χ4v) is 2.95. The maximum atomic E-state index is 6.37. The van der Waals surface area contributed by atoms with E-state index in [9.17, 15) is 0 Å². The minimum absolute atomic E-state index is 0.536. The predicted octanol–water partition coefficient (Wildman–Crippen LogP) is 2.99. The number of aromatic nitrogens is 1. The third kappa shape index (κ3) is 2.80. The van der Waals surface area contributed by atoms with Crippen molar-refractivity contribution in [3.63, 3.8) is 0 Å². The van der Waals surface area contributed by atoms with E-state index in [1.807, 2.05) is 0 Å². The van der Waals surface area contributed by atoms with E-state index in [-0.39, 0.29) is 0 Å². The van der Waals surface area contributed by atoms with Crippen LogP contribution in [0.25, 0.3) is 10.9 Å². The third-order valence-corrected chi connectivity index (χ3v) is 4.34. The van der Waals surface area contributed by atoms with Crippen LogP contribution in [-0.2, 0) is 6.54 Å². The second-order valence-electron chi connectivity index (χ2n) is 5.66. The molecule has 1 fully saturated rings. The summed E-state index contributed by atoms with van der Waals surface area (Å²) in [7, 11) is 0. The highest BCUT2D eigenvalue weighted by Crippen LogP contribution is 2.23. The van der Waals surface area contributed by atoms with Gasteiger partial charge in [-0.2, -0.15) is 0 Å². The van der Waals surface area contributed by atoms with Crippen LogP contribution < -0.4 is 5.32 Å². The molecule has 2 aromatic rings. The van der Waals surface area contributed by atoms with Crippen molar-refractivity contribution in [3.8, 4) is 0 Å². The van der Waals surface area contributed by atoms with E-state index in [0.29, 0.717) is 11.2 Å². The van der Waals surface area contributed by atoms with Crippen molar-refractivity contribution in [3.05, 3.63) is 40.5 Å². The van der Waals surface area contributed by atoms with Gasteiger partial charge in [0.1, 0.15) is 5.15 Å². The molecule has 4 heteroatoms. The molecule has 3 rings (SSSR count). The zero-order valence-electron chi connectivity index (χ0n) is 12.0. The quantitative estimate of drug-likeness (QED) is 0.862. The lowest BCUT2D eigenvalue weighted by Crippen LogP contribution is -2.49. The molecule has 1 aliphatic heterocycles. The molecular weight excluding hydrogens is 270 g/mol. The van der Waals surface area contributed by atoms with Crippen LogP contribution in [0.2, 0.25) is 5.15 Å². The van der Waals surface area contributed by atoms with Gasteiger partial charge < -0.3 is 5.32 Å². The van der Waals surface area contributed by atoms with Crippen molar-refractivity contribution < 1.29 is 0 Å². The number of fused-ring (bicyclic) bond motifs is 1. The summed E-state index contributed by atoms with van der Waals surface area (Å²) in [6.45, 7) is 8.34. The van der Waals surface area contributed by atoms with E-state index in [0.717, 1.165) is 42.6 Å². The topological polar surface area (TPSA) is 28.2 Å². The van der Waals surface area contributed by atoms with Crippen LogP contribution in [0.4, 0.5) is 0 Å². The largest absolute Gasteiger partial charge is 0.314 e. The first-order chi connectivity index (χ1) is 9.63. The highest BCUT2D eigenvalue weighted by molar-refractivity contribution is 6.30. The molecule has 0 radical (unpaired) electrons. The number of nitrogens with one attached hydrogen (secondary N) is 1. The van der Waals surface area contributed by atoms with E-state index in [1.54, 1.807) is 0 Å². The molecule has 0 saturated carbocycles. The van der Waals surface area contributed by atoms with Gasteiger partial charge in [-0.05, 0) is 31.5 Å². The van der Waals surface area contributed by atoms with Crippen LogP contribution >= 0.6 is 11.6 Å². The molecule has 0 amide bonds. The van der Waals surface area contributed by atoms with E-state index in [4.69, 9.17) is 11.6 Å². The van der Waals surface area contributed by atoms with Crippen LogP contribution in [0.1, 0.15) is 18.1 Å². The highest BCUT2D eigenvalue weighted by atomic mass is 35.5. The molecular formula is C16H20ClN3. The van der Waals surface area contributed by atoms with Crippen molar-refractivity contribution in [2.45, 2.75) is 26.4 Å². The van der Waals surface area contributed by atoms with Gasteiger partial charge in [-0.3, -0.25) is 4.90 Å². The van der Waals surface area contributed by atoms with Gasteiger partial charge in [-0.25, -0.2) is 4.98 Å². The Morgan fingerprint density at radius 3 is 3.05 bits per heavy atom. The second kappa shape index (κ2) is 5.68. The van der Waals surface area contributed by atoms with E-state index >= 15 is 0 Å². The minimum atomic E-state index is 0.536. The van der Waals surface area contributed by atoms with Crippen molar-refractivity contribution in [2.75, 3.05) is 19.6 Å². The Hall–Kier alpha value is -1.16. The summed E-state index contributed by atoms with van der Waals surface area (Å²) < 4.78 is 0. The summed E-state index contributed by atoms with van der Waals surface area (Å²) >= 11 is 6.37. The number of rotatable bonds is 2. The summed E-state index contributed by atoms with van der Waals surface area (Å²) in [6, 6.07) is 9.04. The molecule has 1 aromatic heterocycles. The SMILES string of the molecule is Cc1ccc2cc(CN3CCNCC3C)c(Cl)nc2c1. The Morgan fingerprint density at radius 1 is 1.40 bits per heavy atom. The molecule has 1 unspecified atom stereocenters. The van der Waals surface area contributed by atoms with Gasteiger partial charge in [-0.1, -0.05) is 23.7 Å². The Labute approximate surface area is 124 Å². The average molecular weight is 290 g/mol. The Bertz CT molecular complexity index is 626. The highest BCUT2D eigenvalue weighted by Gasteiger charge is 2.19. The summed E-state index contributed by atoms with van der Waals surface area (Å²) in [5.74, 6) is 0. The molecule has 20 heavy (non-hydrogen) atoms. The number of pyridine rings is 1. The van der Waals surface area contributed by atoms with Crippen molar-refractivity contribution in [1.82, 2.24) is 15.2 Å². The molecule has 1 aromatic carbocycles. The van der Waals surface area contributed by atoms with Crippen molar-refractivity contribution in [1.29, 1.82) is 0 Å². The van der Waals surface area contributed by atoms with Crippen molar-refractivity contribution >= 4 is 22.5 Å². The third-order valence-electron chi connectivity index (χ3n) is 4.01. The van der Waals surface area contributed by atoms with E-state index in [1.165, 1.54) is 5.56 Å². The first-order valence-electron chi connectivity index (χ1n) is 7.14. The van der Waals surface area contributed by atoms with Gasteiger partial charge >= 0.3 is 0 Å². The maximum Gasteiger partial charge on any atom is 0.134 e.